The first kappa shape index (κ1) is 21.4. The number of hydrogen-bond acceptors (Lipinski definition) is 6. The van der Waals surface area contributed by atoms with Crippen LogP contribution in [0, 0.1) is 11.6 Å². The smallest absolute Gasteiger partial charge is 0.355 e. The zero-order valence-corrected chi connectivity index (χ0v) is 17.9. The van der Waals surface area contributed by atoms with Gasteiger partial charge in [-0.3, -0.25) is 4.79 Å². The second-order valence-electron chi connectivity index (χ2n) is 7.56. The molecule has 10 heteroatoms. The predicted octanol–water partition coefficient (Wildman–Crippen LogP) is 4.22. The molecule has 0 amide bonds. The van der Waals surface area contributed by atoms with E-state index in [9.17, 15) is 14.0 Å². The maximum absolute atomic E-state index is 15.0. The lowest BCUT2D eigenvalue weighted by molar-refractivity contribution is 0.0516. The Kier molecular flexibility index (Phi) is 5.12. The summed E-state index contributed by atoms with van der Waals surface area (Å²) >= 11 is 0. The van der Waals surface area contributed by atoms with Gasteiger partial charge in [-0.2, -0.15) is 0 Å². The number of anilines is 1. The Morgan fingerprint density at radius 1 is 1.26 bits per heavy atom. The summed E-state index contributed by atoms with van der Waals surface area (Å²) < 4.78 is 41.9. The van der Waals surface area contributed by atoms with Gasteiger partial charge < -0.3 is 24.4 Å². The van der Waals surface area contributed by atoms with Crippen molar-refractivity contribution in [3.8, 4) is 11.1 Å². The Labute approximate surface area is 190 Å². The first-order chi connectivity index (χ1) is 16.4. The van der Waals surface area contributed by atoms with Gasteiger partial charge in [0.1, 0.15) is 28.7 Å². The van der Waals surface area contributed by atoms with Crippen molar-refractivity contribution < 1.29 is 22.7 Å². The van der Waals surface area contributed by atoms with Crippen LogP contribution in [0.3, 0.4) is 0 Å². The van der Waals surface area contributed by atoms with E-state index in [0.717, 1.165) is 6.20 Å². The fourth-order valence-corrected chi connectivity index (χ4v) is 4.15. The largest absolute Gasteiger partial charge is 0.463 e. The highest BCUT2D eigenvalue weighted by atomic mass is 19.1. The van der Waals surface area contributed by atoms with Crippen molar-refractivity contribution in [3.05, 3.63) is 82.2 Å². The number of aromatic amines is 1. The summed E-state index contributed by atoms with van der Waals surface area (Å²) in [5.41, 5.74) is 6.03. The first-order valence-electron chi connectivity index (χ1n) is 10.4. The number of carbonyl (C=O) groups is 1. The van der Waals surface area contributed by atoms with Gasteiger partial charge in [-0.15, -0.1) is 0 Å². The van der Waals surface area contributed by atoms with Gasteiger partial charge in [-0.25, -0.2) is 18.6 Å². The van der Waals surface area contributed by atoms with Gasteiger partial charge in [-0.1, -0.05) is 0 Å². The first-order valence-corrected chi connectivity index (χ1v) is 10.4. The van der Waals surface area contributed by atoms with E-state index in [2.05, 4.69) is 9.97 Å². The molecule has 4 aromatic heterocycles. The number of esters is 1. The third kappa shape index (κ3) is 3.31. The highest BCUT2D eigenvalue weighted by Crippen LogP contribution is 2.40. The molecule has 0 saturated heterocycles. The van der Waals surface area contributed by atoms with Crippen LogP contribution in [0.1, 0.15) is 23.0 Å². The molecule has 34 heavy (non-hydrogen) atoms. The van der Waals surface area contributed by atoms with Crippen molar-refractivity contribution in [2.24, 2.45) is 0 Å². The number of carbonyl (C=O) groups excluding carboxylic acids is 1. The number of pyridine rings is 2. The molecule has 0 bridgehead atoms. The average molecular weight is 464 g/mol. The maximum atomic E-state index is 15.0. The molecule has 4 heterocycles. The SMILES string of the molecule is CCOC(=O)c1c(-c2ccc[nH]c2=O)c2c3occc3c(F)cc2n1Cc1cc(N)ncc1F. The van der Waals surface area contributed by atoms with Crippen molar-refractivity contribution in [1.82, 2.24) is 14.5 Å². The number of benzene rings is 1. The summed E-state index contributed by atoms with van der Waals surface area (Å²) in [4.78, 5) is 32.3. The van der Waals surface area contributed by atoms with Crippen molar-refractivity contribution in [1.29, 1.82) is 0 Å². The molecule has 172 valence electrons. The van der Waals surface area contributed by atoms with Gasteiger partial charge in [0, 0.05) is 17.3 Å². The van der Waals surface area contributed by atoms with Crippen LogP contribution in [0.25, 0.3) is 33.0 Å². The molecule has 0 saturated carbocycles. The Balaban J connectivity index is 1.96. The van der Waals surface area contributed by atoms with E-state index in [-0.39, 0.29) is 57.8 Å². The minimum atomic E-state index is -0.764. The monoisotopic (exact) mass is 464 g/mol. The number of hydrogen-bond donors (Lipinski definition) is 2. The van der Waals surface area contributed by atoms with Crippen LogP contribution in [0.5, 0.6) is 0 Å². The fraction of sp³-hybridized carbons (Fsp3) is 0.125. The lowest BCUT2D eigenvalue weighted by Crippen LogP contribution is -2.16. The second-order valence-corrected chi connectivity index (χ2v) is 7.56. The molecule has 0 aliphatic rings. The van der Waals surface area contributed by atoms with Gasteiger partial charge >= 0.3 is 5.97 Å². The van der Waals surface area contributed by atoms with Crippen LogP contribution in [0.15, 0.2) is 58.2 Å². The van der Waals surface area contributed by atoms with Gasteiger partial charge in [0.2, 0.25) is 0 Å². The molecule has 0 spiro atoms. The van der Waals surface area contributed by atoms with Crippen LogP contribution >= 0.6 is 0 Å². The van der Waals surface area contributed by atoms with Gasteiger partial charge in [-0.05, 0) is 37.3 Å². The zero-order valence-electron chi connectivity index (χ0n) is 17.9. The van der Waals surface area contributed by atoms with Crippen molar-refractivity contribution in [2.45, 2.75) is 13.5 Å². The number of nitrogen functional groups attached to an aromatic ring is 1. The maximum Gasteiger partial charge on any atom is 0.355 e. The molecular weight excluding hydrogens is 446 g/mol. The predicted molar refractivity (Wildman–Crippen MR) is 121 cm³/mol. The number of nitrogens with one attached hydrogen (secondary N) is 1. The highest BCUT2D eigenvalue weighted by Gasteiger charge is 2.30. The lowest BCUT2D eigenvalue weighted by atomic mass is 10.0. The number of fused-ring (bicyclic) bond motifs is 3. The number of ether oxygens (including phenoxy) is 1. The van der Waals surface area contributed by atoms with E-state index in [0.29, 0.717) is 5.39 Å². The van der Waals surface area contributed by atoms with Crippen LogP contribution in [0.2, 0.25) is 0 Å². The van der Waals surface area contributed by atoms with Crippen LogP contribution in [0.4, 0.5) is 14.6 Å². The Morgan fingerprint density at radius 2 is 2.09 bits per heavy atom. The standard InChI is InChI=1S/C24H18F2N4O4/c1-2-33-24(32)21-19(14-4-3-6-28-23(14)31)20-17(9-15(25)13-5-7-34-22(13)20)30(21)11-12-8-18(27)29-10-16(12)26/h3-10H,2,11H2,1H3,(H2,27,29)(H,28,31). The summed E-state index contributed by atoms with van der Waals surface area (Å²) in [6, 6.07) is 7.13. The van der Waals surface area contributed by atoms with E-state index < -0.39 is 23.2 Å². The van der Waals surface area contributed by atoms with Crippen molar-refractivity contribution >= 4 is 33.7 Å². The normalized spacial score (nSPS) is 11.4. The summed E-state index contributed by atoms with van der Waals surface area (Å²) in [7, 11) is 0. The van der Waals surface area contributed by atoms with E-state index in [4.69, 9.17) is 14.9 Å². The molecule has 8 nitrogen and oxygen atoms in total. The van der Waals surface area contributed by atoms with Crippen molar-refractivity contribution in [2.75, 3.05) is 12.3 Å². The topological polar surface area (TPSA) is 116 Å². The summed E-state index contributed by atoms with van der Waals surface area (Å²) in [6.07, 6.45) is 3.73. The average Bonchev–Trinajstić information content (AvgIpc) is 3.41. The molecule has 0 fully saturated rings. The molecule has 5 aromatic rings. The Morgan fingerprint density at radius 3 is 2.85 bits per heavy atom. The quantitative estimate of drug-likeness (QED) is 0.376. The molecule has 0 unspecified atom stereocenters. The second kappa shape index (κ2) is 8.14. The summed E-state index contributed by atoms with van der Waals surface area (Å²) in [6.45, 7) is 1.47. The minimum Gasteiger partial charge on any atom is -0.463 e. The molecule has 0 atom stereocenters. The van der Waals surface area contributed by atoms with E-state index >= 15 is 4.39 Å². The van der Waals surface area contributed by atoms with Crippen LogP contribution in [-0.2, 0) is 11.3 Å². The van der Waals surface area contributed by atoms with E-state index in [1.54, 1.807) is 13.0 Å². The third-order valence-electron chi connectivity index (χ3n) is 5.56. The Bertz CT molecular complexity index is 1630. The van der Waals surface area contributed by atoms with Gasteiger partial charge in [0.05, 0.1) is 47.5 Å². The molecule has 0 aliphatic carbocycles. The van der Waals surface area contributed by atoms with Crippen molar-refractivity contribution in [3.63, 3.8) is 0 Å². The minimum absolute atomic E-state index is 0.0477. The molecule has 5 rings (SSSR count). The molecule has 0 radical (unpaired) electrons. The number of furan rings is 1. The number of rotatable bonds is 5. The number of nitrogens with zero attached hydrogens (tertiary/aromatic N) is 2. The summed E-state index contributed by atoms with van der Waals surface area (Å²) in [5, 5.41) is 0.497. The summed E-state index contributed by atoms with van der Waals surface area (Å²) in [5.74, 6) is -1.96. The van der Waals surface area contributed by atoms with Gasteiger partial charge in [0.15, 0.2) is 0 Å². The van der Waals surface area contributed by atoms with Crippen LogP contribution < -0.4 is 11.3 Å². The zero-order chi connectivity index (χ0) is 24.0. The third-order valence-corrected chi connectivity index (χ3v) is 5.56. The number of nitrogens with two attached hydrogens (primary N) is 1. The number of halogens is 2. The highest BCUT2D eigenvalue weighted by molar-refractivity contribution is 6.17. The van der Waals surface area contributed by atoms with Crippen LogP contribution in [-0.4, -0.2) is 27.1 Å². The number of H-pyrrole nitrogens is 1. The van der Waals surface area contributed by atoms with E-state index in [1.165, 1.54) is 41.3 Å². The molecule has 3 N–H and O–H groups in total. The van der Waals surface area contributed by atoms with Gasteiger partial charge in [0.25, 0.3) is 5.56 Å². The number of aromatic nitrogens is 3. The molecule has 1 aromatic carbocycles. The van der Waals surface area contributed by atoms with E-state index in [1.807, 2.05) is 0 Å². The fourth-order valence-electron chi connectivity index (χ4n) is 4.15. The molecular formula is C24H18F2N4O4. The molecule has 0 aliphatic heterocycles. The Hall–Kier alpha value is -4.47. The lowest BCUT2D eigenvalue weighted by Gasteiger charge is -2.12.